The standard InChI is InChI=1S/C16H22N4/c1-2-3-7-11-17-15-10-12-18-16(20-15)19-13-14-8-5-4-6-9-14/h4-6,8-10,12H,2-3,7,11,13H2,1H3,(H2,17,18,19,20). The van der Waals surface area contributed by atoms with Crippen LogP contribution in [0.2, 0.25) is 0 Å². The predicted molar refractivity (Wildman–Crippen MR) is 83.8 cm³/mol. The number of rotatable bonds is 8. The molecular weight excluding hydrogens is 248 g/mol. The van der Waals surface area contributed by atoms with E-state index in [1.807, 2.05) is 24.3 Å². The topological polar surface area (TPSA) is 49.8 Å². The third-order valence-corrected chi connectivity index (χ3v) is 3.04. The maximum atomic E-state index is 4.45. The van der Waals surface area contributed by atoms with Crippen LogP contribution < -0.4 is 10.6 Å². The van der Waals surface area contributed by atoms with E-state index >= 15 is 0 Å². The molecular formula is C16H22N4. The van der Waals surface area contributed by atoms with Crippen LogP contribution in [-0.4, -0.2) is 16.5 Å². The summed E-state index contributed by atoms with van der Waals surface area (Å²) < 4.78 is 0. The van der Waals surface area contributed by atoms with Gasteiger partial charge in [-0.15, -0.1) is 0 Å². The Morgan fingerprint density at radius 2 is 1.85 bits per heavy atom. The second kappa shape index (κ2) is 8.15. The number of hydrogen-bond donors (Lipinski definition) is 2. The number of nitrogens with zero attached hydrogens (tertiary/aromatic N) is 2. The average molecular weight is 270 g/mol. The molecule has 0 unspecified atom stereocenters. The van der Waals surface area contributed by atoms with Gasteiger partial charge in [0.1, 0.15) is 5.82 Å². The van der Waals surface area contributed by atoms with E-state index in [9.17, 15) is 0 Å². The zero-order valence-corrected chi connectivity index (χ0v) is 12.0. The van der Waals surface area contributed by atoms with Gasteiger partial charge in [0.25, 0.3) is 0 Å². The van der Waals surface area contributed by atoms with Crippen molar-refractivity contribution in [3.05, 3.63) is 48.2 Å². The van der Waals surface area contributed by atoms with E-state index in [0.717, 1.165) is 18.9 Å². The summed E-state index contributed by atoms with van der Waals surface area (Å²) in [6.07, 6.45) is 5.43. The van der Waals surface area contributed by atoms with Gasteiger partial charge in [0, 0.05) is 19.3 Å². The van der Waals surface area contributed by atoms with Gasteiger partial charge in [0.05, 0.1) is 0 Å². The summed E-state index contributed by atoms with van der Waals surface area (Å²) in [5.74, 6) is 1.54. The Kier molecular flexibility index (Phi) is 5.83. The van der Waals surface area contributed by atoms with Crippen molar-refractivity contribution in [3.63, 3.8) is 0 Å². The highest BCUT2D eigenvalue weighted by molar-refractivity contribution is 5.39. The Morgan fingerprint density at radius 1 is 1.00 bits per heavy atom. The third kappa shape index (κ3) is 4.88. The van der Waals surface area contributed by atoms with Crippen molar-refractivity contribution in [1.29, 1.82) is 0 Å². The van der Waals surface area contributed by atoms with Crippen molar-refractivity contribution in [2.75, 3.05) is 17.2 Å². The highest BCUT2D eigenvalue weighted by Gasteiger charge is 1.99. The van der Waals surface area contributed by atoms with Gasteiger partial charge in [-0.25, -0.2) is 4.98 Å². The summed E-state index contributed by atoms with van der Waals surface area (Å²) in [6, 6.07) is 12.1. The third-order valence-electron chi connectivity index (χ3n) is 3.04. The van der Waals surface area contributed by atoms with E-state index in [2.05, 4.69) is 39.7 Å². The van der Waals surface area contributed by atoms with Gasteiger partial charge in [-0.2, -0.15) is 4.98 Å². The molecule has 0 fully saturated rings. The number of hydrogen-bond acceptors (Lipinski definition) is 4. The monoisotopic (exact) mass is 270 g/mol. The van der Waals surface area contributed by atoms with Crippen LogP contribution in [0.25, 0.3) is 0 Å². The fraction of sp³-hybridized carbons (Fsp3) is 0.375. The van der Waals surface area contributed by atoms with Crippen molar-refractivity contribution in [2.24, 2.45) is 0 Å². The first-order chi connectivity index (χ1) is 9.88. The Bertz CT molecular complexity index is 499. The molecule has 0 spiro atoms. The van der Waals surface area contributed by atoms with Crippen LogP contribution in [-0.2, 0) is 6.54 Å². The second-order valence-electron chi connectivity index (χ2n) is 4.74. The quantitative estimate of drug-likeness (QED) is 0.718. The first-order valence-electron chi connectivity index (χ1n) is 7.23. The Morgan fingerprint density at radius 3 is 2.65 bits per heavy atom. The van der Waals surface area contributed by atoms with E-state index in [-0.39, 0.29) is 0 Å². The molecule has 106 valence electrons. The Labute approximate surface area is 120 Å². The van der Waals surface area contributed by atoms with Gasteiger partial charge < -0.3 is 10.6 Å². The molecule has 2 aromatic rings. The molecule has 0 aliphatic heterocycles. The molecule has 4 heteroatoms. The van der Waals surface area contributed by atoms with Gasteiger partial charge in [0.15, 0.2) is 0 Å². The number of aromatic nitrogens is 2. The van der Waals surface area contributed by atoms with Crippen molar-refractivity contribution < 1.29 is 0 Å². The van der Waals surface area contributed by atoms with Gasteiger partial charge in [-0.1, -0.05) is 50.1 Å². The van der Waals surface area contributed by atoms with E-state index in [1.54, 1.807) is 6.20 Å². The van der Waals surface area contributed by atoms with E-state index in [0.29, 0.717) is 5.95 Å². The second-order valence-corrected chi connectivity index (χ2v) is 4.74. The first-order valence-corrected chi connectivity index (χ1v) is 7.23. The molecule has 20 heavy (non-hydrogen) atoms. The van der Waals surface area contributed by atoms with Crippen molar-refractivity contribution in [1.82, 2.24) is 9.97 Å². The highest BCUT2D eigenvalue weighted by atomic mass is 15.1. The van der Waals surface area contributed by atoms with Crippen molar-refractivity contribution in [3.8, 4) is 0 Å². The van der Waals surface area contributed by atoms with Gasteiger partial charge in [0.2, 0.25) is 5.95 Å². The Balaban J connectivity index is 1.83. The smallest absolute Gasteiger partial charge is 0.224 e. The highest BCUT2D eigenvalue weighted by Crippen LogP contribution is 2.08. The van der Waals surface area contributed by atoms with Crippen LogP contribution in [0, 0.1) is 0 Å². The zero-order chi connectivity index (χ0) is 14.0. The maximum Gasteiger partial charge on any atom is 0.224 e. The van der Waals surface area contributed by atoms with Crippen LogP contribution in [0.5, 0.6) is 0 Å². The molecule has 1 heterocycles. The molecule has 2 N–H and O–H groups in total. The molecule has 4 nitrogen and oxygen atoms in total. The predicted octanol–water partition coefficient (Wildman–Crippen LogP) is 3.69. The summed E-state index contributed by atoms with van der Waals surface area (Å²) in [7, 11) is 0. The average Bonchev–Trinajstić information content (AvgIpc) is 2.51. The van der Waals surface area contributed by atoms with Crippen LogP contribution in [0.1, 0.15) is 31.7 Å². The van der Waals surface area contributed by atoms with E-state index < -0.39 is 0 Å². The minimum absolute atomic E-state index is 0.661. The molecule has 2 rings (SSSR count). The van der Waals surface area contributed by atoms with Crippen molar-refractivity contribution in [2.45, 2.75) is 32.7 Å². The molecule has 0 aliphatic carbocycles. The molecule has 0 radical (unpaired) electrons. The molecule has 0 bridgehead atoms. The summed E-state index contributed by atoms with van der Waals surface area (Å²) in [6.45, 7) is 3.90. The van der Waals surface area contributed by atoms with Gasteiger partial charge >= 0.3 is 0 Å². The molecule has 1 aromatic carbocycles. The molecule has 0 atom stereocenters. The summed E-state index contributed by atoms with van der Waals surface area (Å²) in [5, 5.41) is 6.57. The first kappa shape index (κ1) is 14.3. The SMILES string of the molecule is CCCCCNc1ccnc(NCc2ccccc2)n1. The van der Waals surface area contributed by atoms with Crippen LogP contribution >= 0.6 is 0 Å². The van der Waals surface area contributed by atoms with E-state index in [1.165, 1.54) is 24.8 Å². The molecule has 0 aliphatic rings. The minimum atomic E-state index is 0.661. The number of benzene rings is 1. The molecule has 1 aromatic heterocycles. The zero-order valence-electron chi connectivity index (χ0n) is 12.0. The fourth-order valence-electron chi connectivity index (χ4n) is 1.91. The molecule has 0 saturated heterocycles. The normalized spacial score (nSPS) is 10.2. The fourth-order valence-corrected chi connectivity index (χ4v) is 1.91. The largest absolute Gasteiger partial charge is 0.370 e. The van der Waals surface area contributed by atoms with Crippen LogP contribution in [0.15, 0.2) is 42.6 Å². The lowest BCUT2D eigenvalue weighted by molar-refractivity contribution is 0.742. The van der Waals surface area contributed by atoms with Crippen molar-refractivity contribution >= 4 is 11.8 Å². The lowest BCUT2D eigenvalue weighted by Gasteiger charge is -2.08. The summed E-state index contributed by atoms with van der Waals surface area (Å²) >= 11 is 0. The van der Waals surface area contributed by atoms with Gasteiger partial charge in [-0.3, -0.25) is 0 Å². The maximum absolute atomic E-state index is 4.45. The summed E-state index contributed by atoms with van der Waals surface area (Å²) in [5.41, 5.74) is 1.22. The summed E-state index contributed by atoms with van der Waals surface area (Å²) in [4.78, 5) is 8.69. The Hall–Kier alpha value is -2.10. The van der Waals surface area contributed by atoms with Crippen LogP contribution in [0.3, 0.4) is 0 Å². The van der Waals surface area contributed by atoms with Gasteiger partial charge in [-0.05, 0) is 18.1 Å². The van der Waals surface area contributed by atoms with E-state index in [4.69, 9.17) is 0 Å². The lowest BCUT2D eigenvalue weighted by atomic mass is 10.2. The number of anilines is 2. The molecule has 0 saturated carbocycles. The minimum Gasteiger partial charge on any atom is -0.370 e. The lowest BCUT2D eigenvalue weighted by Crippen LogP contribution is -2.07. The molecule has 0 amide bonds. The number of nitrogens with one attached hydrogen (secondary N) is 2. The number of unbranched alkanes of at least 4 members (excludes halogenated alkanes) is 2. The van der Waals surface area contributed by atoms with Crippen LogP contribution in [0.4, 0.5) is 11.8 Å².